The second-order valence-electron chi connectivity index (χ2n) is 5.41. The second kappa shape index (κ2) is 5.81. The van der Waals surface area contributed by atoms with Gasteiger partial charge in [-0.05, 0) is 5.56 Å². The fraction of sp³-hybridized carbons (Fsp3) is 0.200. The molecule has 0 saturated carbocycles. The molecule has 0 radical (unpaired) electrons. The summed E-state index contributed by atoms with van der Waals surface area (Å²) in [7, 11) is 0. The zero-order valence-corrected chi connectivity index (χ0v) is 12.7. The fourth-order valence-corrected chi connectivity index (χ4v) is 2.54. The van der Waals surface area contributed by atoms with Gasteiger partial charge >= 0.3 is 6.18 Å². The molecule has 2 aromatic rings. The molecule has 1 aromatic heterocycles. The number of aliphatic imine (C=N–C) groups is 2. The van der Waals surface area contributed by atoms with Crippen molar-refractivity contribution in [2.45, 2.75) is 12.6 Å². The van der Waals surface area contributed by atoms with Crippen molar-refractivity contribution in [2.24, 2.45) is 9.98 Å². The van der Waals surface area contributed by atoms with Crippen molar-refractivity contribution in [3.63, 3.8) is 0 Å². The normalized spacial score (nSPS) is 17.1. The van der Waals surface area contributed by atoms with Gasteiger partial charge in [-0.1, -0.05) is 30.3 Å². The summed E-state index contributed by atoms with van der Waals surface area (Å²) in [5.74, 6) is -0.637. The molecule has 3 heterocycles. The molecule has 0 atom stereocenters. The lowest BCUT2D eigenvalue weighted by Crippen LogP contribution is -2.39. The Morgan fingerprint density at radius 1 is 1.16 bits per heavy atom. The summed E-state index contributed by atoms with van der Waals surface area (Å²) < 4.78 is 38.1. The number of hydrazine groups is 1. The summed E-state index contributed by atoms with van der Waals surface area (Å²) in [6.07, 6.45) is -2.56. The van der Waals surface area contributed by atoms with E-state index in [1.807, 2.05) is 35.4 Å². The van der Waals surface area contributed by atoms with Gasteiger partial charge < -0.3 is 0 Å². The molecule has 128 valence electrons. The number of H-pyrrole nitrogens is 1. The van der Waals surface area contributed by atoms with Crippen molar-refractivity contribution in [2.75, 3.05) is 6.67 Å². The van der Waals surface area contributed by atoms with Crippen LogP contribution in [-0.2, 0) is 12.6 Å². The van der Waals surface area contributed by atoms with E-state index in [0.29, 0.717) is 24.6 Å². The maximum Gasteiger partial charge on any atom is 0.451 e. The average Bonchev–Trinajstić information content (AvgIpc) is 3.24. The van der Waals surface area contributed by atoms with Crippen LogP contribution in [0, 0.1) is 0 Å². The zero-order chi connectivity index (χ0) is 17.4. The van der Waals surface area contributed by atoms with E-state index < -0.39 is 12.0 Å². The summed E-state index contributed by atoms with van der Waals surface area (Å²) in [5.41, 5.74) is 4.87. The first kappa shape index (κ1) is 15.5. The van der Waals surface area contributed by atoms with Crippen LogP contribution in [0.25, 0.3) is 5.70 Å². The SMILES string of the molecule is FC(F)(F)c1nc(C2=CN3NCN=C3C(Cc3ccccc3)=N2)n[nH]1. The third-order valence-electron chi connectivity index (χ3n) is 3.66. The molecule has 0 aliphatic carbocycles. The Balaban J connectivity index is 1.68. The molecule has 10 heteroatoms. The summed E-state index contributed by atoms with van der Waals surface area (Å²) in [6.45, 7) is 0.370. The van der Waals surface area contributed by atoms with Crippen LogP contribution in [0.5, 0.6) is 0 Å². The van der Waals surface area contributed by atoms with Gasteiger partial charge in [0.2, 0.25) is 11.6 Å². The predicted molar refractivity (Wildman–Crippen MR) is 84.2 cm³/mol. The maximum atomic E-state index is 12.7. The van der Waals surface area contributed by atoms with Crippen molar-refractivity contribution in [1.82, 2.24) is 25.6 Å². The first-order chi connectivity index (χ1) is 12.0. The first-order valence-corrected chi connectivity index (χ1v) is 7.41. The third-order valence-corrected chi connectivity index (χ3v) is 3.66. The Morgan fingerprint density at radius 3 is 2.68 bits per heavy atom. The molecule has 2 aliphatic rings. The van der Waals surface area contributed by atoms with E-state index in [1.165, 1.54) is 6.20 Å². The molecule has 0 amide bonds. The average molecular weight is 347 g/mol. The van der Waals surface area contributed by atoms with Crippen LogP contribution in [0.2, 0.25) is 0 Å². The lowest BCUT2D eigenvalue weighted by atomic mass is 10.1. The minimum Gasteiger partial charge on any atom is -0.262 e. The molecule has 0 fully saturated rings. The van der Waals surface area contributed by atoms with Gasteiger partial charge in [0, 0.05) is 6.42 Å². The Morgan fingerprint density at radius 2 is 1.96 bits per heavy atom. The number of fused-ring (bicyclic) bond motifs is 1. The number of benzene rings is 1. The van der Waals surface area contributed by atoms with Gasteiger partial charge in [0.1, 0.15) is 12.4 Å². The van der Waals surface area contributed by atoms with E-state index in [-0.39, 0.29) is 11.5 Å². The molecule has 0 saturated heterocycles. The first-order valence-electron chi connectivity index (χ1n) is 7.41. The van der Waals surface area contributed by atoms with Crippen molar-refractivity contribution >= 4 is 17.2 Å². The number of hydrogen-bond acceptors (Lipinski definition) is 6. The summed E-state index contributed by atoms with van der Waals surface area (Å²) in [6, 6.07) is 9.62. The van der Waals surface area contributed by atoms with E-state index >= 15 is 0 Å². The van der Waals surface area contributed by atoms with Crippen molar-refractivity contribution in [3.8, 4) is 0 Å². The molecule has 2 N–H and O–H groups in total. The standard InChI is InChI=1S/C15H12F3N7/c16-15(17,18)14-22-12(23-24-14)11-7-25-13(19-8-20-25)10(21-11)6-9-4-2-1-3-5-9/h1-5,7,20H,6,8H2,(H,22,23,24). The lowest BCUT2D eigenvalue weighted by Gasteiger charge is -2.22. The quantitative estimate of drug-likeness (QED) is 0.890. The Hall–Kier alpha value is -3.01. The summed E-state index contributed by atoms with van der Waals surface area (Å²) >= 11 is 0. The zero-order valence-electron chi connectivity index (χ0n) is 12.7. The number of alkyl halides is 3. The lowest BCUT2D eigenvalue weighted by molar-refractivity contribution is -0.144. The molecular formula is C15H12F3N7. The number of nitrogens with one attached hydrogen (secondary N) is 2. The van der Waals surface area contributed by atoms with Crippen LogP contribution >= 0.6 is 0 Å². The molecule has 25 heavy (non-hydrogen) atoms. The van der Waals surface area contributed by atoms with Crippen LogP contribution in [0.3, 0.4) is 0 Å². The molecule has 0 bridgehead atoms. The number of nitrogens with zero attached hydrogens (tertiary/aromatic N) is 5. The largest absolute Gasteiger partial charge is 0.451 e. The second-order valence-corrected chi connectivity index (χ2v) is 5.41. The molecule has 2 aliphatic heterocycles. The highest BCUT2D eigenvalue weighted by atomic mass is 19.4. The summed E-state index contributed by atoms with van der Waals surface area (Å²) in [5, 5.41) is 7.17. The topological polar surface area (TPSA) is 81.6 Å². The van der Waals surface area contributed by atoms with Crippen LogP contribution < -0.4 is 5.43 Å². The molecule has 0 spiro atoms. The van der Waals surface area contributed by atoms with E-state index in [0.717, 1.165) is 5.56 Å². The van der Waals surface area contributed by atoms with E-state index in [4.69, 9.17) is 0 Å². The highest BCUT2D eigenvalue weighted by molar-refractivity contribution is 6.43. The molecule has 1 aromatic carbocycles. The molecule has 0 unspecified atom stereocenters. The van der Waals surface area contributed by atoms with Crippen LogP contribution in [0.4, 0.5) is 13.2 Å². The maximum absolute atomic E-state index is 12.7. The molecule has 7 nitrogen and oxygen atoms in total. The van der Waals surface area contributed by atoms with Gasteiger partial charge in [-0.2, -0.15) is 18.3 Å². The number of aromatic nitrogens is 3. The number of hydrogen-bond donors (Lipinski definition) is 2. The Labute approximate surface area is 140 Å². The van der Waals surface area contributed by atoms with Crippen LogP contribution in [0.15, 0.2) is 46.5 Å². The number of amidine groups is 1. The predicted octanol–water partition coefficient (Wildman–Crippen LogP) is 2.00. The monoisotopic (exact) mass is 347 g/mol. The third kappa shape index (κ3) is 3.03. The van der Waals surface area contributed by atoms with Crippen molar-refractivity contribution in [1.29, 1.82) is 0 Å². The van der Waals surface area contributed by atoms with Gasteiger partial charge in [-0.3, -0.25) is 10.1 Å². The molecule has 4 rings (SSSR count). The number of aromatic amines is 1. The van der Waals surface area contributed by atoms with Crippen LogP contribution in [-0.4, -0.2) is 38.4 Å². The highest BCUT2D eigenvalue weighted by Gasteiger charge is 2.36. The highest BCUT2D eigenvalue weighted by Crippen LogP contribution is 2.28. The summed E-state index contributed by atoms with van der Waals surface area (Å²) in [4.78, 5) is 12.3. The van der Waals surface area contributed by atoms with E-state index in [9.17, 15) is 13.2 Å². The van der Waals surface area contributed by atoms with E-state index in [1.54, 1.807) is 5.01 Å². The smallest absolute Gasteiger partial charge is 0.262 e. The molecular weight excluding hydrogens is 335 g/mol. The van der Waals surface area contributed by atoms with Gasteiger partial charge in [0.05, 0.1) is 11.9 Å². The van der Waals surface area contributed by atoms with E-state index in [2.05, 4.69) is 25.5 Å². The van der Waals surface area contributed by atoms with Crippen molar-refractivity contribution < 1.29 is 13.2 Å². The number of rotatable bonds is 3. The van der Waals surface area contributed by atoms with Gasteiger partial charge in [0.25, 0.3) is 0 Å². The van der Waals surface area contributed by atoms with Gasteiger partial charge in [-0.15, -0.1) is 0 Å². The Kier molecular flexibility index (Phi) is 3.61. The fourth-order valence-electron chi connectivity index (χ4n) is 2.54. The minimum atomic E-state index is -4.59. The van der Waals surface area contributed by atoms with Crippen LogP contribution in [0.1, 0.15) is 17.2 Å². The number of halogens is 3. The Bertz CT molecular complexity index is 880. The van der Waals surface area contributed by atoms with Crippen molar-refractivity contribution in [3.05, 3.63) is 53.7 Å². The van der Waals surface area contributed by atoms with Gasteiger partial charge in [-0.25, -0.2) is 20.4 Å². The van der Waals surface area contributed by atoms with Gasteiger partial charge in [0.15, 0.2) is 5.84 Å². The minimum absolute atomic E-state index is 0.120.